The van der Waals surface area contributed by atoms with Crippen molar-refractivity contribution in [2.24, 2.45) is 11.3 Å². The first-order chi connectivity index (χ1) is 26.9. The van der Waals surface area contributed by atoms with E-state index < -0.39 is 79.7 Å². The lowest BCUT2D eigenvalue weighted by Gasteiger charge is -2.35. The predicted octanol–water partition coefficient (Wildman–Crippen LogP) is 6.69. The number of rotatable bonds is 13. The first kappa shape index (κ1) is 45.8. The number of nitrogens with zero attached hydrogens (tertiary/aromatic N) is 3. The maximum atomic E-state index is 14.8. The van der Waals surface area contributed by atoms with Gasteiger partial charge in [0.2, 0.25) is 27.7 Å². The molecule has 20 heteroatoms. The van der Waals surface area contributed by atoms with Gasteiger partial charge in [-0.3, -0.25) is 19.1 Å². The number of anilines is 1. The van der Waals surface area contributed by atoms with Crippen LogP contribution in [-0.2, 0) is 24.4 Å². The molecule has 3 amide bonds. The summed E-state index contributed by atoms with van der Waals surface area (Å²) in [5.41, 5.74) is -2.26. The molecule has 0 spiro atoms. The van der Waals surface area contributed by atoms with E-state index in [2.05, 4.69) is 31.9 Å². The van der Waals surface area contributed by atoms with Crippen molar-refractivity contribution in [3.63, 3.8) is 0 Å². The number of methoxy groups -OCH3 is 1. The molecule has 2 aromatic carbocycles. The summed E-state index contributed by atoms with van der Waals surface area (Å²) in [5, 5.41) is 8.70. The van der Waals surface area contributed by atoms with Gasteiger partial charge in [0, 0.05) is 39.1 Å². The highest BCUT2D eigenvalue weighted by Gasteiger charge is 2.62. The number of aromatic nitrogens is 2. The van der Waals surface area contributed by atoms with Crippen molar-refractivity contribution in [3.05, 3.63) is 77.3 Å². The summed E-state index contributed by atoms with van der Waals surface area (Å²) >= 11 is 7.44. The number of ether oxygens (including phenoxy) is 2. The molecule has 0 radical (unpaired) electrons. The number of likely N-dealkylation sites (tertiary alicyclic amines) is 1. The number of nitrogens with one attached hydrogen (secondary N) is 3. The maximum Gasteiger partial charge on any atom is 0.259 e. The number of hydrogen-bond donors (Lipinski definition) is 3. The quantitative estimate of drug-likeness (QED) is 0.123. The highest BCUT2D eigenvalue weighted by atomic mass is 35.5. The van der Waals surface area contributed by atoms with E-state index in [9.17, 15) is 31.6 Å². The number of benzene rings is 2. The second kappa shape index (κ2) is 17.4. The third-order valence-corrected chi connectivity index (χ3v) is 13.3. The molecule has 1 aliphatic heterocycles. The van der Waals surface area contributed by atoms with Crippen LogP contribution >= 0.6 is 47.8 Å². The van der Waals surface area contributed by atoms with Crippen LogP contribution < -0.4 is 24.8 Å². The van der Waals surface area contributed by atoms with Crippen molar-refractivity contribution < 1.29 is 41.1 Å². The van der Waals surface area contributed by atoms with Gasteiger partial charge in [0.25, 0.3) is 5.91 Å². The van der Waals surface area contributed by atoms with Crippen LogP contribution in [0.15, 0.2) is 60.6 Å². The van der Waals surface area contributed by atoms with Crippen molar-refractivity contribution in [2.45, 2.75) is 75.4 Å². The van der Waals surface area contributed by atoms with Crippen LogP contribution in [0.5, 0.6) is 11.6 Å². The normalized spacial score (nSPS) is 21.7. The van der Waals surface area contributed by atoms with Crippen LogP contribution in [0.2, 0.25) is 5.02 Å². The van der Waals surface area contributed by atoms with Gasteiger partial charge in [0.1, 0.15) is 29.5 Å². The first-order valence-corrected chi connectivity index (χ1v) is 21.0. The van der Waals surface area contributed by atoms with E-state index in [0.717, 1.165) is 17.4 Å². The molecule has 2 aliphatic carbocycles. The molecule has 3 aliphatic rings. The van der Waals surface area contributed by atoms with Crippen molar-refractivity contribution in [2.75, 3.05) is 19.0 Å². The Kier molecular flexibility index (Phi) is 13.5. The third kappa shape index (κ3) is 9.23. The largest absolute Gasteiger partial charge is 0.494 e. The lowest BCUT2D eigenvalue weighted by atomic mass is 9.85. The van der Waals surface area contributed by atoms with Crippen molar-refractivity contribution in [1.29, 1.82) is 0 Å². The Morgan fingerprint density at radius 1 is 1.14 bits per heavy atom. The summed E-state index contributed by atoms with van der Waals surface area (Å²) in [7, 11) is -2.43. The SMILES string of the molecule is C=C[C@@H]1C[C@]1(NC(=O)[C@@H]1C[C@@H](Oc2ncc(OC)c3ccc(Cl)cc23)CN1C(=O)[C@@H](Nc1nc(-c2cccc(F)c2F)cs1)C(C)(C)C)C(=O)NS(=O)(=O)C1CC1.Cl.Cl. The van der Waals surface area contributed by atoms with Gasteiger partial charge in [-0.05, 0) is 55.0 Å². The molecule has 4 aromatic rings. The van der Waals surface area contributed by atoms with Crippen LogP contribution in [0.4, 0.5) is 13.9 Å². The Balaban J connectivity index is 0.00000331. The number of carbonyl (C=O) groups is 3. The zero-order valence-corrected chi connectivity index (χ0v) is 36.3. The number of halogens is 5. The minimum atomic E-state index is -3.94. The number of sulfonamides is 1. The van der Waals surface area contributed by atoms with E-state index in [4.69, 9.17) is 21.1 Å². The van der Waals surface area contributed by atoms with Crippen LogP contribution in [0.25, 0.3) is 22.0 Å². The molecule has 59 heavy (non-hydrogen) atoms. The molecule has 1 saturated heterocycles. The van der Waals surface area contributed by atoms with Crippen LogP contribution in [-0.4, -0.2) is 83.6 Å². The van der Waals surface area contributed by atoms with Crippen LogP contribution in [0, 0.1) is 23.0 Å². The number of fused-ring (bicyclic) bond motifs is 1. The predicted molar refractivity (Wildman–Crippen MR) is 226 cm³/mol. The Labute approximate surface area is 361 Å². The lowest BCUT2D eigenvalue weighted by Crippen LogP contribution is -2.58. The highest BCUT2D eigenvalue weighted by Crippen LogP contribution is 2.46. The van der Waals surface area contributed by atoms with Gasteiger partial charge < -0.3 is 25.0 Å². The fourth-order valence-electron chi connectivity index (χ4n) is 7.08. The Bertz CT molecular complexity index is 2400. The summed E-state index contributed by atoms with van der Waals surface area (Å²) in [6.07, 6.45) is 3.14. The Morgan fingerprint density at radius 2 is 1.86 bits per heavy atom. The van der Waals surface area contributed by atoms with Crippen LogP contribution in [0.1, 0.15) is 46.5 Å². The van der Waals surface area contributed by atoms with Gasteiger partial charge >= 0.3 is 0 Å². The molecular formula is C39H43Cl3F2N6O7S2. The summed E-state index contributed by atoms with van der Waals surface area (Å²) in [5.74, 6) is -4.04. The fourth-order valence-corrected chi connectivity index (χ4v) is 9.35. The minimum Gasteiger partial charge on any atom is -0.494 e. The second-order valence-electron chi connectivity index (χ2n) is 15.6. The highest BCUT2D eigenvalue weighted by molar-refractivity contribution is 7.91. The summed E-state index contributed by atoms with van der Waals surface area (Å²) in [6, 6.07) is 6.71. The standard InChI is InChI=1S/C39H41ClF2N6O7S2.2ClH/c1-6-20-16-39(20,36(51)47-57(52,53)23-11-12-23)46-33(49)29-15-22(55-34-26-14-21(40)10-13-24(26)30(54-5)17-43-34)18-48(29)35(50)32(38(2,3)4)45-37-44-28(19-56-37)25-8-7-9-27(41)31(25)42;;/h6-10,13-14,17,19-20,22-23,29,32H,1,11-12,15-16,18H2,2-5H3,(H,44,45)(H,46,49)(H,47,51);2*1H/t20-,22-,29+,32-,39-;;/m1../s1. The number of amides is 3. The maximum absolute atomic E-state index is 14.8. The molecule has 3 heterocycles. The fraction of sp³-hybridized carbons (Fsp3) is 0.410. The van der Waals surface area contributed by atoms with Gasteiger partial charge in [0.05, 0.1) is 30.8 Å². The smallest absolute Gasteiger partial charge is 0.259 e. The van der Waals surface area contributed by atoms with E-state index >= 15 is 0 Å². The van der Waals surface area contributed by atoms with Crippen molar-refractivity contribution >= 4 is 91.4 Å². The van der Waals surface area contributed by atoms with E-state index in [1.54, 1.807) is 23.6 Å². The zero-order valence-electron chi connectivity index (χ0n) is 32.3. The topological polar surface area (TPSA) is 169 Å². The average molecular weight is 916 g/mol. The molecule has 2 aromatic heterocycles. The monoisotopic (exact) mass is 914 g/mol. The van der Waals surface area contributed by atoms with Gasteiger partial charge in [-0.2, -0.15) is 0 Å². The first-order valence-electron chi connectivity index (χ1n) is 18.2. The molecule has 0 unspecified atom stereocenters. The number of thiazole rings is 1. The number of carbonyl (C=O) groups excluding carboxylic acids is 3. The number of pyridine rings is 1. The van der Waals surface area contributed by atoms with Crippen molar-refractivity contribution in [3.8, 4) is 22.9 Å². The zero-order chi connectivity index (χ0) is 41.0. The van der Waals surface area contributed by atoms with Gasteiger partial charge in [-0.15, -0.1) is 42.7 Å². The number of hydrogen-bond acceptors (Lipinski definition) is 11. The average Bonchev–Trinajstić information content (AvgIpc) is 4.05. The van der Waals surface area contributed by atoms with Gasteiger partial charge in [-0.1, -0.05) is 44.5 Å². The third-order valence-electron chi connectivity index (χ3n) is 10.5. The molecule has 0 bridgehead atoms. The Hall–Kier alpha value is -4.29. The molecule has 7 rings (SSSR count). The molecule has 3 N–H and O–H groups in total. The van der Waals surface area contributed by atoms with Gasteiger partial charge in [-0.25, -0.2) is 27.2 Å². The van der Waals surface area contributed by atoms with E-state index in [1.165, 1.54) is 36.4 Å². The molecule has 5 atom stereocenters. The summed E-state index contributed by atoms with van der Waals surface area (Å²) < 4.78 is 68.3. The minimum absolute atomic E-state index is 0. The molecule has 3 fully saturated rings. The van der Waals surface area contributed by atoms with E-state index in [0.29, 0.717) is 34.4 Å². The molecule has 13 nitrogen and oxygen atoms in total. The van der Waals surface area contributed by atoms with Crippen LogP contribution in [0.3, 0.4) is 0 Å². The molecular weight excluding hydrogens is 873 g/mol. The molecule has 2 saturated carbocycles. The summed E-state index contributed by atoms with van der Waals surface area (Å²) in [4.78, 5) is 53.0. The lowest BCUT2D eigenvalue weighted by molar-refractivity contribution is -0.141. The van der Waals surface area contributed by atoms with Crippen molar-refractivity contribution in [1.82, 2.24) is 24.9 Å². The van der Waals surface area contributed by atoms with E-state index in [1.807, 2.05) is 20.8 Å². The van der Waals surface area contributed by atoms with Gasteiger partial charge in [0.15, 0.2) is 16.8 Å². The molecule has 318 valence electrons. The second-order valence-corrected chi connectivity index (χ2v) is 18.8. The Morgan fingerprint density at radius 3 is 2.51 bits per heavy atom. The van der Waals surface area contributed by atoms with E-state index in [-0.39, 0.29) is 66.5 Å². The summed E-state index contributed by atoms with van der Waals surface area (Å²) in [6.45, 7) is 9.14.